The van der Waals surface area contributed by atoms with E-state index < -0.39 is 9.84 Å². The molecule has 0 bridgehead atoms. The largest absolute Gasteiger partial charge is 0.497 e. The number of ether oxygens (including phenoxy) is 1. The molecule has 1 aromatic carbocycles. The maximum atomic E-state index is 12.0. The number of rotatable bonds is 4. The van der Waals surface area contributed by atoms with Crippen molar-refractivity contribution in [2.75, 3.05) is 5.75 Å². The summed E-state index contributed by atoms with van der Waals surface area (Å²) in [5, 5.41) is -0.365. The molecule has 1 aliphatic rings. The number of hydrogen-bond donors (Lipinski definition) is 0. The summed E-state index contributed by atoms with van der Waals surface area (Å²) in [6.07, 6.45) is 3.86. The molecule has 0 amide bonds. The van der Waals surface area contributed by atoms with Crippen LogP contribution in [-0.2, 0) is 14.6 Å². The molecule has 0 spiro atoms. The van der Waals surface area contributed by atoms with E-state index in [-0.39, 0.29) is 11.4 Å². The van der Waals surface area contributed by atoms with Crippen molar-refractivity contribution in [2.45, 2.75) is 44.5 Å². The van der Waals surface area contributed by atoms with Crippen molar-refractivity contribution in [3.63, 3.8) is 0 Å². The summed E-state index contributed by atoms with van der Waals surface area (Å²) in [4.78, 5) is 0. The highest BCUT2D eigenvalue weighted by atomic mass is 32.2. The van der Waals surface area contributed by atoms with Crippen molar-refractivity contribution < 1.29 is 13.2 Å². The lowest BCUT2D eigenvalue weighted by atomic mass is 10.1. The van der Waals surface area contributed by atoms with Gasteiger partial charge in [-0.05, 0) is 37.8 Å². The quantitative estimate of drug-likeness (QED) is 0.799. The molecule has 0 N–H and O–H groups in total. The zero-order chi connectivity index (χ0) is 14.6. The van der Waals surface area contributed by atoms with Gasteiger partial charge in [-0.15, -0.1) is 0 Å². The Hall–Kier alpha value is -1.29. The topological polar surface area (TPSA) is 43.4 Å². The highest BCUT2D eigenvalue weighted by molar-refractivity contribution is 7.92. The van der Waals surface area contributed by atoms with E-state index in [0.29, 0.717) is 12.2 Å². The fourth-order valence-corrected chi connectivity index (χ4v) is 4.66. The summed E-state index contributed by atoms with van der Waals surface area (Å²) in [5.41, 5.74) is 2.09. The van der Waals surface area contributed by atoms with E-state index in [1.54, 1.807) is 6.26 Å². The van der Waals surface area contributed by atoms with E-state index in [0.717, 1.165) is 24.0 Å². The first kappa shape index (κ1) is 15.1. The predicted octanol–water partition coefficient (Wildman–Crippen LogP) is 3.42. The number of hydrogen-bond acceptors (Lipinski definition) is 3. The first-order chi connectivity index (χ1) is 9.50. The average molecular weight is 294 g/mol. The number of allylic oxidation sites excluding steroid dienone is 1. The van der Waals surface area contributed by atoms with Crippen molar-refractivity contribution in [1.82, 2.24) is 0 Å². The molecule has 0 aliphatic carbocycles. The monoisotopic (exact) mass is 294 g/mol. The van der Waals surface area contributed by atoms with Gasteiger partial charge < -0.3 is 4.74 Å². The maximum absolute atomic E-state index is 12.0. The smallest absolute Gasteiger partial charge is 0.156 e. The summed E-state index contributed by atoms with van der Waals surface area (Å²) in [6, 6.07) is 9.94. The molecule has 0 saturated carbocycles. The van der Waals surface area contributed by atoms with Gasteiger partial charge in [-0.3, -0.25) is 0 Å². The Labute approximate surface area is 121 Å². The molecule has 0 radical (unpaired) electrons. The van der Waals surface area contributed by atoms with E-state index in [9.17, 15) is 8.42 Å². The third-order valence-corrected chi connectivity index (χ3v) is 6.24. The fourth-order valence-electron chi connectivity index (χ4n) is 2.57. The van der Waals surface area contributed by atoms with Gasteiger partial charge in [0.25, 0.3) is 0 Å². The van der Waals surface area contributed by atoms with Crippen molar-refractivity contribution in [2.24, 2.45) is 0 Å². The molecule has 1 aromatic rings. The number of sulfone groups is 1. The van der Waals surface area contributed by atoms with Gasteiger partial charge in [-0.1, -0.05) is 36.8 Å². The summed E-state index contributed by atoms with van der Waals surface area (Å²) in [6.45, 7) is 3.82. The van der Waals surface area contributed by atoms with Crippen LogP contribution in [0.1, 0.15) is 38.7 Å². The molecular weight excluding hydrogens is 272 g/mol. The summed E-state index contributed by atoms with van der Waals surface area (Å²) < 4.78 is 29.8. The number of benzene rings is 1. The molecule has 1 aliphatic heterocycles. The van der Waals surface area contributed by atoms with E-state index in [1.165, 1.54) is 0 Å². The molecule has 1 heterocycles. The SMILES string of the molecule is C/C(=C/OC(C)C1CCCCS1(=O)=O)c1ccccc1. The Morgan fingerprint density at radius 3 is 2.65 bits per heavy atom. The molecular formula is C16H22O3S. The van der Waals surface area contributed by atoms with E-state index in [1.807, 2.05) is 44.2 Å². The van der Waals surface area contributed by atoms with Crippen LogP contribution in [0.4, 0.5) is 0 Å². The van der Waals surface area contributed by atoms with Crippen molar-refractivity contribution in [3.05, 3.63) is 42.2 Å². The minimum atomic E-state index is -2.99. The van der Waals surface area contributed by atoms with Crippen LogP contribution in [0.15, 0.2) is 36.6 Å². The summed E-state index contributed by atoms with van der Waals surface area (Å²) >= 11 is 0. The Morgan fingerprint density at radius 1 is 1.30 bits per heavy atom. The Morgan fingerprint density at radius 2 is 2.00 bits per heavy atom. The molecule has 4 heteroatoms. The molecule has 3 nitrogen and oxygen atoms in total. The van der Waals surface area contributed by atoms with Gasteiger partial charge in [-0.25, -0.2) is 8.42 Å². The van der Waals surface area contributed by atoms with Gasteiger partial charge >= 0.3 is 0 Å². The van der Waals surface area contributed by atoms with E-state index in [4.69, 9.17) is 4.74 Å². The van der Waals surface area contributed by atoms with Crippen LogP contribution in [0.25, 0.3) is 5.57 Å². The highest BCUT2D eigenvalue weighted by Crippen LogP contribution is 2.24. The van der Waals surface area contributed by atoms with Crippen LogP contribution in [0, 0.1) is 0 Å². The van der Waals surface area contributed by atoms with Gasteiger partial charge in [0.15, 0.2) is 9.84 Å². The van der Waals surface area contributed by atoms with Gasteiger partial charge in [0, 0.05) is 0 Å². The van der Waals surface area contributed by atoms with Gasteiger partial charge in [0.2, 0.25) is 0 Å². The fraction of sp³-hybridized carbons (Fsp3) is 0.500. The van der Waals surface area contributed by atoms with Gasteiger partial charge in [0.05, 0.1) is 17.3 Å². The second-order valence-electron chi connectivity index (χ2n) is 5.41. The van der Waals surface area contributed by atoms with Gasteiger partial charge in [0.1, 0.15) is 6.10 Å². The lowest BCUT2D eigenvalue weighted by Crippen LogP contribution is -2.37. The first-order valence-electron chi connectivity index (χ1n) is 7.10. The molecule has 110 valence electrons. The van der Waals surface area contributed by atoms with Crippen LogP contribution in [0.3, 0.4) is 0 Å². The molecule has 1 fully saturated rings. The second-order valence-corrected chi connectivity index (χ2v) is 7.75. The van der Waals surface area contributed by atoms with E-state index in [2.05, 4.69) is 0 Å². The van der Waals surface area contributed by atoms with Gasteiger partial charge in [-0.2, -0.15) is 0 Å². The van der Waals surface area contributed by atoms with Crippen LogP contribution < -0.4 is 0 Å². The third-order valence-electron chi connectivity index (χ3n) is 3.84. The molecule has 2 rings (SSSR count). The normalized spacial score (nSPS) is 24.1. The summed E-state index contributed by atoms with van der Waals surface area (Å²) in [5.74, 6) is 0.298. The van der Waals surface area contributed by atoms with Crippen LogP contribution in [0.2, 0.25) is 0 Å². The Bertz CT molecular complexity index is 561. The molecule has 0 aromatic heterocycles. The molecule has 2 atom stereocenters. The molecule has 2 unspecified atom stereocenters. The van der Waals surface area contributed by atoms with Crippen LogP contribution in [-0.4, -0.2) is 25.5 Å². The van der Waals surface area contributed by atoms with E-state index >= 15 is 0 Å². The lowest BCUT2D eigenvalue weighted by Gasteiger charge is -2.27. The van der Waals surface area contributed by atoms with Crippen LogP contribution >= 0.6 is 0 Å². The maximum Gasteiger partial charge on any atom is 0.156 e. The second kappa shape index (κ2) is 6.44. The molecule has 1 saturated heterocycles. The van der Waals surface area contributed by atoms with Crippen molar-refractivity contribution >= 4 is 15.4 Å². The predicted molar refractivity (Wildman–Crippen MR) is 82.1 cm³/mol. The minimum Gasteiger partial charge on any atom is -0.497 e. The van der Waals surface area contributed by atoms with Crippen LogP contribution in [0.5, 0.6) is 0 Å². The zero-order valence-corrected chi connectivity index (χ0v) is 12.9. The summed E-state index contributed by atoms with van der Waals surface area (Å²) in [7, 11) is -2.99. The minimum absolute atomic E-state index is 0.293. The first-order valence-corrected chi connectivity index (χ1v) is 8.81. The third kappa shape index (κ3) is 3.63. The Balaban J connectivity index is 2.03. The highest BCUT2D eigenvalue weighted by Gasteiger charge is 2.34. The average Bonchev–Trinajstić information content (AvgIpc) is 2.45. The molecule has 20 heavy (non-hydrogen) atoms. The standard InChI is InChI=1S/C16H22O3S/c1-13(15-8-4-3-5-9-15)12-19-14(2)16-10-6-7-11-20(16,17)18/h3-5,8-9,12,14,16H,6-7,10-11H2,1-2H3/b13-12-. The van der Waals surface area contributed by atoms with Crippen molar-refractivity contribution in [1.29, 1.82) is 0 Å². The van der Waals surface area contributed by atoms with Crippen molar-refractivity contribution in [3.8, 4) is 0 Å². The lowest BCUT2D eigenvalue weighted by molar-refractivity contribution is 0.151. The Kier molecular flexibility index (Phi) is 4.86. The zero-order valence-electron chi connectivity index (χ0n) is 12.1.